The molecule has 0 saturated carbocycles. The lowest BCUT2D eigenvalue weighted by atomic mass is 10.0. The Kier molecular flexibility index (Phi) is 19.0. The number of rotatable bonds is 20. The minimum Gasteiger partial charge on any atom is -0.502 e. The van der Waals surface area contributed by atoms with E-state index in [4.69, 9.17) is 0 Å². The molecule has 158 valence electrons. The van der Waals surface area contributed by atoms with E-state index in [-0.39, 0.29) is 5.85 Å². The second kappa shape index (κ2) is 18.7. The molecule has 0 heterocycles. The van der Waals surface area contributed by atoms with Crippen molar-refractivity contribution >= 4 is 8.58 Å². The molecule has 0 aromatic heterocycles. The third kappa shape index (κ3) is 22.4. The summed E-state index contributed by atoms with van der Waals surface area (Å²) in [5.41, 5.74) is 0. The van der Waals surface area contributed by atoms with Gasteiger partial charge in [-0.3, -0.25) is 0 Å². The highest BCUT2D eigenvalue weighted by atomic mass is 31.1. The fourth-order valence-corrected chi connectivity index (χ4v) is 4.76. The maximum Gasteiger partial charge on any atom is 0.0770 e. The van der Waals surface area contributed by atoms with E-state index in [0.29, 0.717) is 0 Å². The normalized spacial score (nSPS) is 13.7. The van der Waals surface area contributed by atoms with Gasteiger partial charge in [0.05, 0.1) is 27.7 Å². The van der Waals surface area contributed by atoms with Crippen molar-refractivity contribution in [3.63, 3.8) is 0 Å². The van der Waals surface area contributed by atoms with Crippen LogP contribution in [-0.4, -0.2) is 49.3 Å². The fourth-order valence-electron chi connectivity index (χ4n) is 3.45. The Hall–Kier alpha value is 0.350. The molecule has 0 aliphatic rings. The van der Waals surface area contributed by atoms with Crippen molar-refractivity contribution in [1.82, 2.24) is 0 Å². The molecule has 0 spiro atoms. The topological polar surface area (TPSA) is 20.2 Å². The first-order chi connectivity index (χ1) is 12.5. The highest BCUT2D eigenvalue weighted by Gasteiger charge is 2.07. The van der Waals surface area contributed by atoms with Crippen molar-refractivity contribution in [2.24, 2.45) is 0 Å². The maximum absolute atomic E-state index is 9.98. The van der Waals surface area contributed by atoms with E-state index < -0.39 is 0 Å². The highest BCUT2D eigenvalue weighted by Crippen LogP contribution is 2.21. The van der Waals surface area contributed by atoms with E-state index in [2.05, 4.69) is 28.1 Å². The number of hydrogen-bond acceptors (Lipinski definition) is 1. The van der Waals surface area contributed by atoms with Gasteiger partial charge in [-0.05, 0) is 5.85 Å². The lowest BCUT2D eigenvalue weighted by Crippen LogP contribution is -2.40. The van der Waals surface area contributed by atoms with Gasteiger partial charge in [0, 0.05) is 0 Å². The van der Waals surface area contributed by atoms with E-state index in [0.717, 1.165) is 11.0 Å². The lowest BCUT2D eigenvalue weighted by Gasteiger charge is -2.33. The molecule has 1 unspecified atom stereocenters. The molecule has 0 aliphatic heterocycles. The molecule has 0 radical (unpaired) electrons. The van der Waals surface area contributed by atoms with E-state index >= 15 is 0 Å². The number of unbranched alkanes of at least 4 members (excludes halogenated alkanes) is 15. The van der Waals surface area contributed by atoms with E-state index in [1.807, 2.05) is 0 Å². The molecule has 0 bridgehead atoms. The first-order valence-corrected chi connectivity index (χ1v) is 12.8. The average Bonchev–Trinajstić information content (AvgIpc) is 2.56. The number of aliphatic hydroxyl groups is 1. The summed E-state index contributed by atoms with van der Waals surface area (Å²) in [7, 11) is 7.67. The molecular formula is C23H50NOP. The number of aliphatic hydroxyl groups excluding tert-OH is 1. The molecule has 0 aromatic rings. The van der Waals surface area contributed by atoms with Crippen molar-refractivity contribution in [2.45, 2.75) is 116 Å². The Morgan fingerprint density at radius 3 is 1.31 bits per heavy atom. The molecule has 0 aromatic carbocycles. The molecule has 1 atom stereocenters. The van der Waals surface area contributed by atoms with Crippen LogP contribution in [0.5, 0.6) is 0 Å². The summed E-state index contributed by atoms with van der Waals surface area (Å²) < 4.78 is 0.854. The predicted octanol–water partition coefficient (Wildman–Crippen LogP) is 7.22. The molecular weight excluding hydrogens is 337 g/mol. The van der Waals surface area contributed by atoms with Gasteiger partial charge < -0.3 is 18.2 Å². The van der Waals surface area contributed by atoms with Gasteiger partial charge in [0.15, 0.2) is 0 Å². The van der Waals surface area contributed by atoms with Crippen LogP contribution in [0.2, 0.25) is 0 Å². The van der Waals surface area contributed by atoms with Crippen LogP contribution in [0.25, 0.3) is 0 Å². The second-order valence-electron chi connectivity index (χ2n) is 9.16. The Morgan fingerprint density at radius 1 is 0.615 bits per heavy atom. The molecule has 1 N–H and O–H groups in total. The van der Waals surface area contributed by atoms with Crippen LogP contribution in [0.1, 0.15) is 110 Å². The zero-order chi connectivity index (χ0) is 19.5. The minimum absolute atomic E-state index is 0.147. The van der Waals surface area contributed by atoms with Crippen LogP contribution in [-0.2, 0) is 0 Å². The average molecular weight is 388 g/mol. The fraction of sp³-hybridized carbons (Fsp3) is 1.00. The summed E-state index contributed by atoms with van der Waals surface area (Å²) in [6.07, 6.45) is 23.9. The van der Waals surface area contributed by atoms with Crippen LogP contribution in [0, 0.1) is 0 Å². The van der Waals surface area contributed by atoms with Gasteiger partial charge in [-0.25, -0.2) is 0 Å². The van der Waals surface area contributed by atoms with Gasteiger partial charge in [0.25, 0.3) is 0 Å². The largest absolute Gasteiger partial charge is 0.502 e. The molecule has 2 nitrogen and oxygen atoms in total. The van der Waals surface area contributed by atoms with Gasteiger partial charge in [-0.15, -0.1) is 0 Å². The molecule has 0 amide bonds. The van der Waals surface area contributed by atoms with Crippen molar-refractivity contribution in [1.29, 1.82) is 0 Å². The number of hydrogen-bond donors (Lipinski definition) is 1. The summed E-state index contributed by atoms with van der Waals surface area (Å²) in [5.74, 6) is -0.147. The van der Waals surface area contributed by atoms with Crippen LogP contribution < -0.4 is 0 Å². The molecule has 26 heavy (non-hydrogen) atoms. The maximum atomic E-state index is 9.98. The summed E-state index contributed by atoms with van der Waals surface area (Å²) in [6, 6.07) is 0. The molecule has 0 rings (SSSR count). The summed E-state index contributed by atoms with van der Waals surface area (Å²) in [5, 5.41) is 9.98. The van der Waals surface area contributed by atoms with Gasteiger partial charge in [0.2, 0.25) is 0 Å². The Balaban J connectivity index is 3.11. The van der Waals surface area contributed by atoms with Crippen molar-refractivity contribution < 1.29 is 9.59 Å². The summed E-state index contributed by atoms with van der Waals surface area (Å²) >= 11 is 0. The molecule has 0 saturated heterocycles. The van der Waals surface area contributed by atoms with Gasteiger partial charge in [0.1, 0.15) is 0 Å². The van der Waals surface area contributed by atoms with Crippen LogP contribution in [0.4, 0.5) is 0 Å². The quantitative estimate of drug-likeness (QED) is 0.133. The summed E-state index contributed by atoms with van der Waals surface area (Å²) in [4.78, 5) is 0. The van der Waals surface area contributed by atoms with E-state index in [9.17, 15) is 5.11 Å². The smallest absolute Gasteiger partial charge is 0.0770 e. The zero-order valence-electron chi connectivity index (χ0n) is 18.6. The van der Waals surface area contributed by atoms with E-state index in [1.165, 1.54) is 117 Å². The highest BCUT2D eigenvalue weighted by molar-refractivity contribution is 7.38. The lowest BCUT2D eigenvalue weighted by molar-refractivity contribution is -0.871. The monoisotopic (exact) mass is 387 g/mol. The number of nitrogens with zero attached hydrogens (tertiary/aromatic N) is 1. The van der Waals surface area contributed by atoms with Crippen molar-refractivity contribution in [2.75, 3.05) is 33.8 Å². The minimum atomic E-state index is -0.147. The van der Waals surface area contributed by atoms with Gasteiger partial charge >= 0.3 is 0 Å². The summed E-state index contributed by atoms with van der Waals surface area (Å²) in [6.45, 7) is 3.15. The first-order valence-electron chi connectivity index (χ1n) is 11.6. The van der Waals surface area contributed by atoms with Crippen molar-refractivity contribution in [3.05, 3.63) is 0 Å². The van der Waals surface area contributed by atoms with Crippen LogP contribution >= 0.6 is 8.58 Å². The van der Waals surface area contributed by atoms with Crippen LogP contribution in [0.15, 0.2) is 0 Å². The number of likely N-dealkylation sites (N-methyl/N-ethyl adjacent to an activating group) is 1. The van der Waals surface area contributed by atoms with Gasteiger partial charge in [-0.2, -0.15) is 6.16 Å². The third-order valence-electron chi connectivity index (χ3n) is 5.06. The number of quaternary nitrogens is 1. The molecule has 0 fully saturated rings. The Bertz CT molecular complexity index is 278. The van der Waals surface area contributed by atoms with E-state index in [1.54, 1.807) is 0 Å². The second-order valence-corrected chi connectivity index (χ2v) is 10.6. The van der Waals surface area contributed by atoms with Crippen molar-refractivity contribution in [3.8, 4) is 0 Å². The Morgan fingerprint density at radius 2 is 0.962 bits per heavy atom. The predicted molar refractivity (Wildman–Crippen MR) is 120 cm³/mol. The third-order valence-corrected chi connectivity index (χ3v) is 6.22. The molecule has 3 heteroatoms. The SMILES string of the molecule is CCCCCCCCCCCCCCCCCC[P-]C(O)C[N+](C)(C)C. The standard InChI is InChI=1S/C23H50NOP/c1-5-6-7-8-9-10-11-12-13-14-15-16-17-18-19-20-21-26-23(25)22-24(2,3)4/h23,25H,5-22H2,1-4H3. The first kappa shape index (κ1) is 26.4. The van der Waals surface area contributed by atoms with Crippen LogP contribution in [0.3, 0.4) is 0 Å². The Labute approximate surface area is 167 Å². The van der Waals surface area contributed by atoms with Gasteiger partial charge in [-0.1, -0.05) is 110 Å². The molecule has 0 aliphatic carbocycles. The zero-order valence-corrected chi connectivity index (χ0v) is 19.5.